The van der Waals surface area contributed by atoms with Crippen molar-refractivity contribution in [3.8, 4) is 0 Å². The molecule has 1 aromatic rings. The molecule has 2 rings (SSSR count). The van der Waals surface area contributed by atoms with E-state index < -0.39 is 0 Å². The van der Waals surface area contributed by atoms with Crippen molar-refractivity contribution in [3.05, 3.63) is 35.1 Å². The first-order valence-corrected chi connectivity index (χ1v) is 7.66. The zero-order valence-electron chi connectivity index (χ0n) is 10.8. The van der Waals surface area contributed by atoms with Gasteiger partial charge in [-0.1, -0.05) is 6.07 Å². The Morgan fingerprint density at radius 1 is 1.44 bits per heavy atom. The van der Waals surface area contributed by atoms with E-state index in [9.17, 15) is 4.39 Å². The van der Waals surface area contributed by atoms with Crippen LogP contribution in [0.3, 0.4) is 0 Å². The second-order valence-corrected chi connectivity index (χ2v) is 6.24. The molecule has 0 aromatic heterocycles. The van der Waals surface area contributed by atoms with E-state index >= 15 is 0 Å². The lowest BCUT2D eigenvalue weighted by Crippen LogP contribution is -2.31. The van der Waals surface area contributed by atoms with Crippen LogP contribution in [0.2, 0.25) is 0 Å². The third-order valence-electron chi connectivity index (χ3n) is 3.72. The van der Waals surface area contributed by atoms with Gasteiger partial charge in [0, 0.05) is 6.04 Å². The van der Waals surface area contributed by atoms with Crippen molar-refractivity contribution in [2.45, 2.75) is 32.2 Å². The Kier molecular flexibility index (Phi) is 5.03. The standard InChI is InChI=1S/C14H21FN2S/c1-10-8-12(15)2-3-13(10)14(17-16)9-11-4-6-18-7-5-11/h2-3,8,11,14,17H,4-7,9,16H2,1H3. The van der Waals surface area contributed by atoms with E-state index in [-0.39, 0.29) is 11.9 Å². The van der Waals surface area contributed by atoms with E-state index in [1.165, 1.54) is 30.4 Å². The first-order valence-electron chi connectivity index (χ1n) is 6.50. The Morgan fingerprint density at radius 2 is 2.17 bits per heavy atom. The van der Waals surface area contributed by atoms with Crippen LogP contribution in [0.1, 0.15) is 36.4 Å². The lowest BCUT2D eigenvalue weighted by atomic mass is 9.89. The van der Waals surface area contributed by atoms with E-state index in [0.717, 1.165) is 23.5 Å². The van der Waals surface area contributed by atoms with Crippen molar-refractivity contribution in [2.75, 3.05) is 11.5 Å². The highest BCUT2D eigenvalue weighted by Crippen LogP contribution is 2.31. The summed E-state index contributed by atoms with van der Waals surface area (Å²) in [6, 6.07) is 5.09. The number of hydrazine groups is 1. The third-order valence-corrected chi connectivity index (χ3v) is 4.77. The van der Waals surface area contributed by atoms with Crippen molar-refractivity contribution >= 4 is 11.8 Å². The van der Waals surface area contributed by atoms with Crippen LogP contribution in [-0.4, -0.2) is 11.5 Å². The van der Waals surface area contributed by atoms with Gasteiger partial charge in [-0.25, -0.2) is 4.39 Å². The number of rotatable bonds is 4. The molecule has 1 unspecified atom stereocenters. The molecule has 1 fully saturated rings. The smallest absolute Gasteiger partial charge is 0.123 e. The molecular weight excluding hydrogens is 247 g/mol. The van der Waals surface area contributed by atoms with Crippen LogP contribution < -0.4 is 11.3 Å². The molecule has 1 aromatic carbocycles. The Balaban J connectivity index is 2.07. The highest BCUT2D eigenvalue weighted by Gasteiger charge is 2.20. The van der Waals surface area contributed by atoms with Crippen LogP contribution in [0.4, 0.5) is 4.39 Å². The van der Waals surface area contributed by atoms with Crippen LogP contribution in [0.5, 0.6) is 0 Å². The highest BCUT2D eigenvalue weighted by atomic mass is 32.2. The van der Waals surface area contributed by atoms with Crippen molar-refractivity contribution in [1.29, 1.82) is 0 Å². The molecule has 1 aliphatic heterocycles. The molecular formula is C14H21FN2S. The highest BCUT2D eigenvalue weighted by molar-refractivity contribution is 7.99. The SMILES string of the molecule is Cc1cc(F)ccc1C(CC1CCSCC1)NN. The predicted octanol–water partition coefficient (Wildman–Crippen LogP) is 3.17. The topological polar surface area (TPSA) is 38.0 Å². The predicted molar refractivity (Wildman–Crippen MR) is 75.9 cm³/mol. The molecule has 0 aliphatic carbocycles. The minimum atomic E-state index is -0.180. The van der Waals surface area contributed by atoms with E-state index in [1.54, 1.807) is 6.07 Å². The summed E-state index contributed by atoms with van der Waals surface area (Å²) < 4.78 is 13.1. The summed E-state index contributed by atoms with van der Waals surface area (Å²) in [4.78, 5) is 0. The average Bonchev–Trinajstić information content (AvgIpc) is 2.38. The van der Waals surface area contributed by atoms with Crippen LogP contribution in [0.15, 0.2) is 18.2 Å². The van der Waals surface area contributed by atoms with Gasteiger partial charge in [-0.15, -0.1) is 0 Å². The van der Waals surface area contributed by atoms with Gasteiger partial charge in [0.25, 0.3) is 0 Å². The molecule has 1 atom stereocenters. The van der Waals surface area contributed by atoms with Gasteiger partial charge >= 0.3 is 0 Å². The van der Waals surface area contributed by atoms with Gasteiger partial charge in [0.15, 0.2) is 0 Å². The first-order chi connectivity index (χ1) is 8.70. The van der Waals surface area contributed by atoms with E-state index in [2.05, 4.69) is 5.43 Å². The largest absolute Gasteiger partial charge is 0.271 e. The number of nitrogens with one attached hydrogen (secondary N) is 1. The second-order valence-electron chi connectivity index (χ2n) is 5.01. The summed E-state index contributed by atoms with van der Waals surface area (Å²) >= 11 is 2.03. The van der Waals surface area contributed by atoms with Gasteiger partial charge in [0.05, 0.1) is 0 Å². The lowest BCUT2D eigenvalue weighted by molar-refractivity contribution is 0.373. The fraction of sp³-hybridized carbons (Fsp3) is 0.571. The monoisotopic (exact) mass is 268 g/mol. The fourth-order valence-electron chi connectivity index (χ4n) is 2.63. The van der Waals surface area contributed by atoms with E-state index in [1.807, 2.05) is 24.8 Å². The zero-order valence-corrected chi connectivity index (χ0v) is 11.6. The molecule has 3 N–H and O–H groups in total. The van der Waals surface area contributed by atoms with Gasteiger partial charge < -0.3 is 0 Å². The number of hydrogen-bond acceptors (Lipinski definition) is 3. The quantitative estimate of drug-likeness (QED) is 0.650. The number of halogens is 1. The Bertz CT molecular complexity index is 391. The molecule has 0 amide bonds. The van der Waals surface area contributed by atoms with Crippen molar-refractivity contribution < 1.29 is 4.39 Å². The van der Waals surface area contributed by atoms with Gasteiger partial charge in [0.2, 0.25) is 0 Å². The number of benzene rings is 1. The van der Waals surface area contributed by atoms with Crippen LogP contribution in [0, 0.1) is 18.7 Å². The Hall–Kier alpha value is -0.580. The van der Waals surface area contributed by atoms with Gasteiger partial charge in [-0.3, -0.25) is 11.3 Å². The molecule has 0 bridgehead atoms. The molecule has 1 saturated heterocycles. The normalized spacial score (nSPS) is 18.8. The van der Waals surface area contributed by atoms with Gasteiger partial charge in [0.1, 0.15) is 5.82 Å². The molecule has 0 saturated carbocycles. The molecule has 18 heavy (non-hydrogen) atoms. The van der Waals surface area contributed by atoms with Crippen LogP contribution in [-0.2, 0) is 0 Å². The van der Waals surface area contributed by atoms with E-state index in [4.69, 9.17) is 5.84 Å². The van der Waals surface area contributed by atoms with Crippen LogP contribution in [0.25, 0.3) is 0 Å². The maximum absolute atomic E-state index is 13.1. The molecule has 0 radical (unpaired) electrons. The maximum atomic E-state index is 13.1. The van der Waals surface area contributed by atoms with Crippen molar-refractivity contribution in [2.24, 2.45) is 11.8 Å². The molecule has 1 heterocycles. The molecule has 0 spiro atoms. The van der Waals surface area contributed by atoms with Crippen molar-refractivity contribution in [3.63, 3.8) is 0 Å². The van der Waals surface area contributed by atoms with E-state index in [0.29, 0.717) is 0 Å². The van der Waals surface area contributed by atoms with Gasteiger partial charge in [-0.2, -0.15) is 11.8 Å². The minimum absolute atomic E-state index is 0.138. The summed E-state index contributed by atoms with van der Waals surface area (Å²) in [5, 5.41) is 0. The second kappa shape index (κ2) is 6.55. The molecule has 100 valence electrons. The third kappa shape index (κ3) is 3.46. The van der Waals surface area contributed by atoms with Gasteiger partial charge in [-0.05, 0) is 66.9 Å². The molecule has 1 aliphatic rings. The van der Waals surface area contributed by atoms with Crippen molar-refractivity contribution in [1.82, 2.24) is 5.43 Å². The average molecular weight is 268 g/mol. The van der Waals surface area contributed by atoms with Crippen LogP contribution >= 0.6 is 11.8 Å². The summed E-state index contributed by atoms with van der Waals surface area (Å²) in [5.41, 5.74) is 4.99. The summed E-state index contributed by atoms with van der Waals surface area (Å²) in [6.45, 7) is 1.94. The number of thioether (sulfide) groups is 1. The number of aryl methyl sites for hydroxylation is 1. The Labute approximate surface area is 112 Å². The lowest BCUT2D eigenvalue weighted by Gasteiger charge is -2.27. The molecule has 4 heteroatoms. The number of nitrogens with two attached hydrogens (primary N) is 1. The first kappa shape index (κ1) is 13.8. The minimum Gasteiger partial charge on any atom is -0.271 e. The Morgan fingerprint density at radius 3 is 2.78 bits per heavy atom. The summed E-state index contributed by atoms with van der Waals surface area (Å²) in [6.07, 6.45) is 3.58. The zero-order chi connectivity index (χ0) is 13.0. The molecule has 2 nitrogen and oxygen atoms in total. The fourth-order valence-corrected chi connectivity index (χ4v) is 3.83. The number of hydrogen-bond donors (Lipinski definition) is 2. The summed E-state index contributed by atoms with van der Waals surface area (Å²) in [7, 11) is 0. The maximum Gasteiger partial charge on any atom is 0.123 e. The summed E-state index contributed by atoms with van der Waals surface area (Å²) in [5.74, 6) is 8.74.